The summed E-state index contributed by atoms with van der Waals surface area (Å²) in [5.74, 6) is -0.874. The SMILES string of the molecule is COc1ccnc(C(=O)N[C@H]2CCOC[C@@H](CCC(C)C)[C@H](C)OC2=O)c1OCOC(C)=O. The molecule has 0 aromatic carbocycles. The molecule has 1 aliphatic rings. The van der Waals surface area contributed by atoms with E-state index >= 15 is 0 Å². The van der Waals surface area contributed by atoms with Gasteiger partial charge in [-0.1, -0.05) is 20.3 Å². The summed E-state index contributed by atoms with van der Waals surface area (Å²) in [4.78, 5) is 40.9. The van der Waals surface area contributed by atoms with Crippen LogP contribution in [0.1, 0.15) is 57.4 Å². The molecule has 0 spiro atoms. The van der Waals surface area contributed by atoms with Gasteiger partial charge in [-0.2, -0.15) is 0 Å². The van der Waals surface area contributed by atoms with Gasteiger partial charge in [-0.25, -0.2) is 9.78 Å². The highest BCUT2D eigenvalue weighted by Gasteiger charge is 2.31. The average molecular weight is 467 g/mol. The number of carbonyl (C=O) groups is 3. The van der Waals surface area contributed by atoms with Gasteiger partial charge in [-0.15, -0.1) is 0 Å². The number of methoxy groups -OCH3 is 1. The number of carbonyl (C=O) groups excluding carboxylic acids is 3. The van der Waals surface area contributed by atoms with Gasteiger partial charge in [0.05, 0.1) is 13.7 Å². The minimum atomic E-state index is -0.918. The van der Waals surface area contributed by atoms with Crippen LogP contribution in [0.25, 0.3) is 0 Å². The van der Waals surface area contributed by atoms with Gasteiger partial charge in [-0.05, 0) is 19.3 Å². The second-order valence-corrected chi connectivity index (χ2v) is 8.35. The Kier molecular flexibility index (Phi) is 10.4. The first-order valence-electron chi connectivity index (χ1n) is 11.1. The highest BCUT2D eigenvalue weighted by Crippen LogP contribution is 2.30. The first kappa shape index (κ1) is 26.4. The molecule has 1 amide bonds. The maximum Gasteiger partial charge on any atom is 0.329 e. The molecule has 1 saturated heterocycles. The van der Waals surface area contributed by atoms with Gasteiger partial charge in [0, 0.05) is 38.1 Å². The number of ether oxygens (including phenoxy) is 5. The lowest BCUT2D eigenvalue weighted by atomic mass is 9.94. The van der Waals surface area contributed by atoms with Crippen molar-refractivity contribution in [1.29, 1.82) is 0 Å². The lowest BCUT2D eigenvalue weighted by molar-refractivity contribution is -0.153. The molecule has 184 valence electrons. The van der Waals surface area contributed by atoms with Crippen molar-refractivity contribution < 1.29 is 38.1 Å². The van der Waals surface area contributed by atoms with Gasteiger partial charge in [0.15, 0.2) is 17.2 Å². The monoisotopic (exact) mass is 466 g/mol. The molecule has 1 fully saturated rings. The molecule has 0 radical (unpaired) electrons. The smallest absolute Gasteiger partial charge is 0.329 e. The number of rotatable bonds is 9. The number of esters is 2. The number of cyclic esters (lactones) is 1. The molecule has 33 heavy (non-hydrogen) atoms. The summed E-state index contributed by atoms with van der Waals surface area (Å²) in [6.45, 7) is 7.74. The Hall–Kier alpha value is -2.88. The zero-order chi connectivity index (χ0) is 24.4. The minimum Gasteiger partial charge on any atom is -0.493 e. The molecule has 0 saturated carbocycles. The van der Waals surface area contributed by atoms with Crippen LogP contribution in [0.5, 0.6) is 11.5 Å². The number of hydrogen-bond acceptors (Lipinski definition) is 9. The van der Waals surface area contributed by atoms with Gasteiger partial charge in [0.25, 0.3) is 5.91 Å². The van der Waals surface area contributed by atoms with E-state index in [4.69, 9.17) is 23.7 Å². The van der Waals surface area contributed by atoms with Crippen LogP contribution in [-0.4, -0.2) is 62.1 Å². The first-order chi connectivity index (χ1) is 15.7. The third kappa shape index (κ3) is 8.20. The predicted molar refractivity (Wildman–Crippen MR) is 118 cm³/mol. The van der Waals surface area contributed by atoms with E-state index in [2.05, 4.69) is 24.1 Å². The molecular weight excluding hydrogens is 432 g/mol. The van der Waals surface area contributed by atoms with Gasteiger partial charge >= 0.3 is 11.9 Å². The summed E-state index contributed by atoms with van der Waals surface area (Å²) in [6, 6.07) is 0.583. The van der Waals surface area contributed by atoms with Crippen molar-refractivity contribution in [3.63, 3.8) is 0 Å². The quantitative estimate of drug-likeness (QED) is 0.432. The number of nitrogens with one attached hydrogen (secondary N) is 1. The standard InChI is InChI=1S/C23H34N2O8/c1-14(2)6-7-17-12-30-11-9-18(23(28)33-15(17)3)25-22(27)20-21(32-13-31-16(4)26)19(29-5)8-10-24-20/h8,10,14-15,17-18H,6-7,9,11-13H2,1-5H3,(H,25,27)/t15-,17+,18-/m0/s1. The molecule has 1 aliphatic heterocycles. The van der Waals surface area contributed by atoms with E-state index < -0.39 is 30.7 Å². The summed E-state index contributed by atoms with van der Waals surface area (Å²) in [5.41, 5.74) is -0.113. The Bertz CT molecular complexity index is 814. The summed E-state index contributed by atoms with van der Waals surface area (Å²) in [5, 5.41) is 2.66. The van der Waals surface area contributed by atoms with Crippen molar-refractivity contribution in [3.05, 3.63) is 18.0 Å². The normalized spacial score (nSPS) is 21.3. The molecular formula is C23H34N2O8. The van der Waals surface area contributed by atoms with Crippen LogP contribution in [0.15, 0.2) is 12.3 Å². The van der Waals surface area contributed by atoms with E-state index in [-0.39, 0.29) is 35.6 Å². The van der Waals surface area contributed by atoms with Crippen LogP contribution in [0.4, 0.5) is 0 Å². The van der Waals surface area contributed by atoms with E-state index in [1.54, 1.807) is 0 Å². The molecule has 10 nitrogen and oxygen atoms in total. The fraction of sp³-hybridized carbons (Fsp3) is 0.652. The number of amides is 1. The number of hydrogen-bond donors (Lipinski definition) is 1. The molecule has 2 rings (SSSR count). The second-order valence-electron chi connectivity index (χ2n) is 8.35. The Balaban J connectivity index is 2.12. The van der Waals surface area contributed by atoms with Crippen LogP contribution in [0.3, 0.4) is 0 Å². The van der Waals surface area contributed by atoms with Crippen molar-refractivity contribution in [2.24, 2.45) is 11.8 Å². The molecule has 0 bridgehead atoms. The van der Waals surface area contributed by atoms with Crippen molar-refractivity contribution >= 4 is 17.8 Å². The lowest BCUT2D eigenvalue weighted by Gasteiger charge is -2.24. The molecule has 10 heteroatoms. The average Bonchev–Trinajstić information content (AvgIpc) is 2.82. The second kappa shape index (κ2) is 13.0. The van der Waals surface area contributed by atoms with Gasteiger partial charge in [-0.3, -0.25) is 9.59 Å². The molecule has 3 atom stereocenters. The zero-order valence-electron chi connectivity index (χ0n) is 19.9. The molecule has 1 N–H and O–H groups in total. The maximum absolute atomic E-state index is 13.0. The highest BCUT2D eigenvalue weighted by molar-refractivity contribution is 5.98. The summed E-state index contributed by atoms with van der Waals surface area (Å²) in [7, 11) is 1.40. The lowest BCUT2D eigenvalue weighted by Crippen LogP contribution is -2.44. The van der Waals surface area contributed by atoms with Gasteiger partial charge < -0.3 is 29.0 Å². The predicted octanol–water partition coefficient (Wildman–Crippen LogP) is 2.49. The molecule has 2 heterocycles. The first-order valence-corrected chi connectivity index (χ1v) is 11.1. The third-order valence-corrected chi connectivity index (χ3v) is 5.32. The van der Waals surface area contributed by atoms with E-state index in [9.17, 15) is 14.4 Å². The number of aromatic nitrogens is 1. The fourth-order valence-corrected chi connectivity index (χ4v) is 3.34. The maximum atomic E-state index is 13.0. The van der Waals surface area contributed by atoms with Crippen LogP contribution in [0, 0.1) is 11.8 Å². The fourth-order valence-electron chi connectivity index (χ4n) is 3.34. The van der Waals surface area contributed by atoms with E-state index in [1.165, 1.54) is 26.3 Å². The van der Waals surface area contributed by atoms with Crippen molar-refractivity contribution in [2.75, 3.05) is 27.1 Å². The Labute approximate surface area is 194 Å². The number of nitrogens with zero attached hydrogens (tertiary/aromatic N) is 1. The largest absolute Gasteiger partial charge is 0.493 e. The molecule has 0 aliphatic carbocycles. The van der Waals surface area contributed by atoms with Gasteiger partial charge in [0.1, 0.15) is 12.1 Å². The molecule has 0 unspecified atom stereocenters. The minimum absolute atomic E-state index is 0.00597. The number of pyridine rings is 1. The van der Waals surface area contributed by atoms with E-state index in [0.29, 0.717) is 19.1 Å². The van der Waals surface area contributed by atoms with E-state index in [1.807, 2.05) is 6.92 Å². The van der Waals surface area contributed by atoms with E-state index in [0.717, 1.165) is 12.8 Å². The Morgan fingerprint density at radius 3 is 2.76 bits per heavy atom. The summed E-state index contributed by atoms with van der Waals surface area (Å²) in [6.07, 6.45) is 3.18. The third-order valence-electron chi connectivity index (χ3n) is 5.32. The Morgan fingerprint density at radius 2 is 2.09 bits per heavy atom. The van der Waals surface area contributed by atoms with Crippen molar-refractivity contribution in [1.82, 2.24) is 10.3 Å². The zero-order valence-corrected chi connectivity index (χ0v) is 19.9. The van der Waals surface area contributed by atoms with Crippen molar-refractivity contribution in [3.8, 4) is 11.5 Å². The van der Waals surface area contributed by atoms with Crippen LogP contribution in [0.2, 0.25) is 0 Å². The van der Waals surface area contributed by atoms with Crippen LogP contribution < -0.4 is 14.8 Å². The summed E-state index contributed by atoms with van der Waals surface area (Å²) < 4.78 is 26.9. The molecule has 1 aromatic rings. The van der Waals surface area contributed by atoms with Crippen LogP contribution in [-0.2, 0) is 23.8 Å². The molecule has 1 aromatic heterocycles. The Morgan fingerprint density at radius 1 is 1.33 bits per heavy atom. The van der Waals surface area contributed by atoms with Crippen LogP contribution >= 0.6 is 0 Å². The van der Waals surface area contributed by atoms with Gasteiger partial charge in [0.2, 0.25) is 6.79 Å². The topological polar surface area (TPSA) is 122 Å². The summed E-state index contributed by atoms with van der Waals surface area (Å²) >= 11 is 0. The highest BCUT2D eigenvalue weighted by atomic mass is 16.7. The van der Waals surface area contributed by atoms with Crippen molar-refractivity contribution in [2.45, 2.75) is 59.1 Å².